The molecule has 2 saturated heterocycles. The molecule has 2 fully saturated rings. The lowest BCUT2D eigenvalue weighted by atomic mass is 9.91. The molecule has 2 bridgehead atoms. The molecule has 0 radical (unpaired) electrons. The highest BCUT2D eigenvalue weighted by Crippen LogP contribution is 2.37. The van der Waals surface area contributed by atoms with Crippen molar-refractivity contribution in [2.24, 2.45) is 5.92 Å². The van der Waals surface area contributed by atoms with E-state index in [4.69, 9.17) is 5.26 Å². The summed E-state index contributed by atoms with van der Waals surface area (Å²) in [6.45, 7) is 0.937. The van der Waals surface area contributed by atoms with Crippen molar-refractivity contribution in [3.63, 3.8) is 0 Å². The highest BCUT2D eigenvalue weighted by molar-refractivity contribution is 5.51. The van der Waals surface area contributed by atoms with Gasteiger partial charge < -0.3 is 10.2 Å². The van der Waals surface area contributed by atoms with Crippen molar-refractivity contribution in [3.8, 4) is 6.07 Å². The topological polar surface area (TPSA) is 52.0 Å². The number of anilines is 1. The van der Waals surface area contributed by atoms with E-state index in [-0.39, 0.29) is 0 Å². The van der Waals surface area contributed by atoms with Crippen LogP contribution in [0.15, 0.2) is 18.3 Å². The zero-order valence-corrected chi connectivity index (χ0v) is 11.3. The molecule has 3 heterocycles. The van der Waals surface area contributed by atoms with Crippen LogP contribution >= 0.6 is 0 Å². The highest BCUT2D eigenvalue weighted by Gasteiger charge is 2.38. The van der Waals surface area contributed by atoms with E-state index in [0.29, 0.717) is 11.5 Å². The molecule has 0 aliphatic carbocycles. The van der Waals surface area contributed by atoms with Crippen LogP contribution in [0.3, 0.4) is 0 Å². The summed E-state index contributed by atoms with van der Waals surface area (Å²) in [5.41, 5.74) is 0.637. The van der Waals surface area contributed by atoms with E-state index in [1.807, 2.05) is 6.07 Å². The van der Waals surface area contributed by atoms with Crippen LogP contribution in [0.25, 0.3) is 0 Å². The molecule has 1 aromatic heterocycles. The number of rotatable bonds is 3. The third-order valence-corrected chi connectivity index (χ3v) is 4.68. The van der Waals surface area contributed by atoms with Gasteiger partial charge >= 0.3 is 0 Å². The maximum atomic E-state index is 9.05. The lowest BCUT2D eigenvalue weighted by molar-refractivity contribution is 0.139. The van der Waals surface area contributed by atoms with Crippen molar-refractivity contribution in [1.29, 1.82) is 5.26 Å². The average Bonchev–Trinajstić information content (AvgIpc) is 2.67. The molecule has 2 atom stereocenters. The van der Waals surface area contributed by atoms with Crippen LogP contribution in [-0.4, -0.2) is 35.6 Å². The summed E-state index contributed by atoms with van der Waals surface area (Å²) in [7, 11) is 2.26. The Balaban J connectivity index is 1.60. The van der Waals surface area contributed by atoms with E-state index in [2.05, 4.69) is 28.3 Å². The van der Waals surface area contributed by atoms with Gasteiger partial charge in [0, 0.05) is 24.8 Å². The van der Waals surface area contributed by atoms with Gasteiger partial charge in [-0.3, -0.25) is 0 Å². The van der Waals surface area contributed by atoms with E-state index in [9.17, 15) is 0 Å². The average molecular weight is 256 g/mol. The Morgan fingerprint density at radius 1 is 1.42 bits per heavy atom. The molecule has 0 saturated carbocycles. The molecule has 4 heteroatoms. The zero-order valence-electron chi connectivity index (χ0n) is 11.3. The Morgan fingerprint density at radius 3 is 2.84 bits per heavy atom. The molecule has 0 spiro atoms. The predicted molar refractivity (Wildman–Crippen MR) is 74.7 cm³/mol. The molecular weight excluding hydrogens is 236 g/mol. The Kier molecular flexibility index (Phi) is 3.39. The molecule has 19 heavy (non-hydrogen) atoms. The number of nitrogens with one attached hydrogen (secondary N) is 1. The molecular formula is C15H20N4. The van der Waals surface area contributed by atoms with Gasteiger partial charge in [0.15, 0.2) is 0 Å². The van der Waals surface area contributed by atoms with Gasteiger partial charge in [-0.1, -0.05) is 0 Å². The van der Waals surface area contributed by atoms with Crippen molar-refractivity contribution in [2.45, 2.75) is 37.8 Å². The van der Waals surface area contributed by atoms with E-state index in [1.165, 1.54) is 25.7 Å². The van der Waals surface area contributed by atoms with Crippen molar-refractivity contribution >= 4 is 5.82 Å². The quantitative estimate of drug-likeness (QED) is 0.901. The monoisotopic (exact) mass is 256 g/mol. The number of nitrogens with zero attached hydrogens (tertiary/aromatic N) is 3. The van der Waals surface area contributed by atoms with E-state index >= 15 is 0 Å². The Labute approximate surface area is 114 Å². The van der Waals surface area contributed by atoms with Gasteiger partial charge in [0.05, 0.1) is 5.56 Å². The minimum absolute atomic E-state index is 0.637. The van der Waals surface area contributed by atoms with Crippen LogP contribution in [0.1, 0.15) is 31.2 Å². The van der Waals surface area contributed by atoms with E-state index < -0.39 is 0 Å². The number of hydrogen-bond donors (Lipinski definition) is 1. The molecule has 4 nitrogen and oxygen atoms in total. The standard InChI is InChI=1S/C15H20N4/c1-19-13-4-5-14(19)8-11(7-13)10-18-15-12(9-16)3-2-6-17-15/h2-3,6,11,13-14H,4-5,7-8,10H2,1H3,(H,17,18). The number of piperidine rings is 1. The van der Waals surface area contributed by atoms with Crippen LogP contribution < -0.4 is 5.32 Å². The summed E-state index contributed by atoms with van der Waals surface area (Å²) in [6.07, 6.45) is 6.99. The van der Waals surface area contributed by atoms with Gasteiger partial charge in [0.25, 0.3) is 0 Å². The summed E-state index contributed by atoms with van der Waals surface area (Å²) in [6, 6.07) is 7.34. The Bertz CT molecular complexity index is 479. The Morgan fingerprint density at radius 2 is 2.16 bits per heavy atom. The Hall–Kier alpha value is -1.60. The molecule has 2 aliphatic heterocycles. The zero-order chi connectivity index (χ0) is 13.2. The summed E-state index contributed by atoms with van der Waals surface area (Å²) < 4.78 is 0. The number of aromatic nitrogens is 1. The second kappa shape index (κ2) is 5.18. The lowest BCUT2D eigenvalue weighted by Crippen LogP contribution is -2.41. The number of nitriles is 1. The van der Waals surface area contributed by atoms with Gasteiger partial charge in [-0.25, -0.2) is 4.98 Å². The van der Waals surface area contributed by atoms with Crippen molar-refractivity contribution in [3.05, 3.63) is 23.9 Å². The van der Waals surface area contributed by atoms with Gasteiger partial charge in [-0.05, 0) is 50.8 Å². The smallest absolute Gasteiger partial charge is 0.143 e. The minimum atomic E-state index is 0.637. The summed E-state index contributed by atoms with van der Waals surface area (Å²) in [4.78, 5) is 6.81. The third-order valence-electron chi connectivity index (χ3n) is 4.68. The highest BCUT2D eigenvalue weighted by atomic mass is 15.2. The first-order valence-electron chi connectivity index (χ1n) is 7.09. The van der Waals surface area contributed by atoms with E-state index in [0.717, 1.165) is 24.4 Å². The van der Waals surface area contributed by atoms with Gasteiger partial charge in [-0.15, -0.1) is 0 Å². The van der Waals surface area contributed by atoms with Crippen molar-refractivity contribution < 1.29 is 0 Å². The maximum Gasteiger partial charge on any atom is 0.143 e. The lowest BCUT2D eigenvalue weighted by Gasteiger charge is -2.36. The van der Waals surface area contributed by atoms with Crippen LogP contribution in [0.5, 0.6) is 0 Å². The van der Waals surface area contributed by atoms with Gasteiger partial charge in [-0.2, -0.15) is 5.26 Å². The molecule has 0 amide bonds. The number of hydrogen-bond acceptors (Lipinski definition) is 4. The molecule has 2 unspecified atom stereocenters. The molecule has 2 aliphatic rings. The van der Waals surface area contributed by atoms with Crippen LogP contribution in [0.2, 0.25) is 0 Å². The first-order valence-corrected chi connectivity index (χ1v) is 7.09. The summed E-state index contributed by atoms with van der Waals surface area (Å²) in [5, 5.41) is 12.4. The molecule has 1 N–H and O–H groups in total. The largest absolute Gasteiger partial charge is 0.369 e. The normalized spacial score (nSPS) is 30.0. The van der Waals surface area contributed by atoms with Gasteiger partial charge in [0.2, 0.25) is 0 Å². The second-order valence-electron chi connectivity index (χ2n) is 5.78. The SMILES string of the molecule is CN1C2CCC1CC(CNc1ncccc1C#N)C2. The fourth-order valence-corrected chi connectivity index (χ4v) is 3.57. The van der Waals surface area contributed by atoms with Crippen molar-refractivity contribution in [2.75, 3.05) is 18.9 Å². The van der Waals surface area contributed by atoms with Crippen LogP contribution in [0, 0.1) is 17.2 Å². The first kappa shape index (κ1) is 12.4. The predicted octanol–water partition coefficient (Wildman–Crippen LogP) is 2.24. The third kappa shape index (κ3) is 2.43. The molecule has 0 aromatic carbocycles. The fourth-order valence-electron chi connectivity index (χ4n) is 3.57. The molecule has 1 aromatic rings. The molecule has 100 valence electrons. The minimum Gasteiger partial charge on any atom is -0.369 e. The first-order chi connectivity index (χ1) is 9.28. The molecule has 3 rings (SSSR count). The summed E-state index contributed by atoms with van der Waals surface area (Å²) >= 11 is 0. The van der Waals surface area contributed by atoms with Gasteiger partial charge in [0.1, 0.15) is 11.9 Å². The fraction of sp³-hybridized carbons (Fsp3) is 0.600. The number of pyridine rings is 1. The maximum absolute atomic E-state index is 9.05. The van der Waals surface area contributed by atoms with Crippen molar-refractivity contribution in [1.82, 2.24) is 9.88 Å². The van der Waals surface area contributed by atoms with Crippen LogP contribution in [0.4, 0.5) is 5.82 Å². The second-order valence-corrected chi connectivity index (χ2v) is 5.78. The number of fused-ring (bicyclic) bond motifs is 2. The summed E-state index contributed by atoms with van der Waals surface area (Å²) in [5.74, 6) is 1.44. The van der Waals surface area contributed by atoms with E-state index in [1.54, 1.807) is 12.3 Å². The van der Waals surface area contributed by atoms with Crippen LogP contribution in [-0.2, 0) is 0 Å².